The number of hydrogen-bond donors (Lipinski definition) is 2. The zero-order chi connectivity index (χ0) is 15.2. The molecule has 0 bridgehead atoms. The summed E-state index contributed by atoms with van der Waals surface area (Å²) >= 11 is 3.26. The molecule has 0 saturated carbocycles. The number of H-pyrrole nitrogens is 1. The molecule has 21 heavy (non-hydrogen) atoms. The van der Waals surface area contributed by atoms with E-state index in [1.807, 2.05) is 6.92 Å². The van der Waals surface area contributed by atoms with E-state index in [0.717, 1.165) is 27.2 Å². The van der Waals surface area contributed by atoms with Crippen LogP contribution in [0.2, 0.25) is 0 Å². The molecule has 0 aliphatic carbocycles. The van der Waals surface area contributed by atoms with Crippen molar-refractivity contribution in [2.24, 2.45) is 0 Å². The van der Waals surface area contributed by atoms with Crippen LogP contribution in [-0.2, 0) is 0 Å². The molecule has 2 rings (SSSR count). The van der Waals surface area contributed by atoms with E-state index in [-0.39, 0.29) is 5.91 Å². The molecule has 2 aromatic heterocycles. The highest BCUT2D eigenvalue weighted by Gasteiger charge is 2.11. The van der Waals surface area contributed by atoms with E-state index in [4.69, 9.17) is 0 Å². The molecule has 2 heterocycles. The number of aromatic nitrogens is 4. The van der Waals surface area contributed by atoms with Gasteiger partial charge in [0, 0.05) is 18.0 Å². The van der Waals surface area contributed by atoms with Crippen molar-refractivity contribution in [2.75, 3.05) is 12.3 Å². The van der Waals surface area contributed by atoms with Crippen LogP contribution in [-0.4, -0.2) is 38.6 Å². The molecule has 114 valence electrons. The van der Waals surface area contributed by atoms with Gasteiger partial charge in [-0.2, -0.15) is 5.10 Å². The van der Waals surface area contributed by atoms with Crippen LogP contribution < -0.4 is 5.32 Å². The zero-order valence-electron chi connectivity index (χ0n) is 12.3. The summed E-state index contributed by atoms with van der Waals surface area (Å²) in [4.78, 5) is 11.9. The molecule has 0 aliphatic heterocycles. The Morgan fingerprint density at radius 2 is 2.29 bits per heavy atom. The summed E-state index contributed by atoms with van der Waals surface area (Å²) in [6.45, 7) is 6.69. The summed E-state index contributed by atoms with van der Waals surface area (Å²) in [6.07, 6.45) is 0.885. The molecule has 0 fully saturated rings. The van der Waals surface area contributed by atoms with Gasteiger partial charge in [0.25, 0.3) is 5.91 Å². The molecular weight excluding hydrogens is 306 g/mol. The minimum Gasteiger partial charge on any atom is -0.351 e. The minimum atomic E-state index is -0.130. The molecule has 8 heteroatoms. The third kappa shape index (κ3) is 4.82. The Balaban J connectivity index is 1.67. The molecule has 0 aromatic carbocycles. The lowest BCUT2D eigenvalue weighted by Gasteiger charge is -2.02. The minimum absolute atomic E-state index is 0.130. The maximum Gasteiger partial charge on any atom is 0.271 e. The van der Waals surface area contributed by atoms with Crippen molar-refractivity contribution >= 4 is 29.0 Å². The number of aryl methyl sites for hydroxylation is 1. The number of nitrogens with zero attached hydrogens (tertiary/aromatic N) is 3. The monoisotopic (exact) mass is 325 g/mol. The van der Waals surface area contributed by atoms with Crippen molar-refractivity contribution in [1.29, 1.82) is 0 Å². The Kier molecular flexibility index (Phi) is 5.75. The number of nitrogens with one attached hydrogen (secondary N) is 2. The van der Waals surface area contributed by atoms with Crippen LogP contribution in [0.4, 0.5) is 0 Å². The molecule has 0 atom stereocenters. The summed E-state index contributed by atoms with van der Waals surface area (Å²) in [5, 5.41) is 18.8. The van der Waals surface area contributed by atoms with Gasteiger partial charge in [0.1, 0.15) is 10.7 Å². The van der Waals surface area contributed by atoms with E-state index >= 15 is 0 Å². The Morgan fingerprint density at radius 1 is 1.48 bits per heavy atom. The molecular formula is C13H19N5OS2. The predicted molar refractivity (Wildman–Crippen MR) is 85.0 cm³/mol. The fraction of sp³-hybridized carbons (Fsp3) is 0.538. The molecule has 2 N–H and O–H groups in total. The summed E-state index contributed by atoms with van der Waals surface area (Å²) in [5.74, 6) is 1.12. The van der Waals surface area contributed by atoms with Crippen LogP contribution in [0.5, 0.6) is 0 Å². The molecule has 0 aliphatic rings. The fourth-order valence-corrected chi connectivity index (χ4v) is 3.43. The second kappa shape index (κ2) is 7.56. The van der Waals surface area contributed by atoms with Gasteiger partial charge in [0.05, 0.1) is 0 Å². The number of carbonyl (C=O) groups excluding carboxylic acids is 1. The molecule has 2 aromatic rings. The van der Waals surface area contributed by atoms with Gasteiger partial charge in [-0.1, -0.05) is 36.9 Å². The summed E-state index contributed by atoms with van der Waals surface area (Å²) in [6, 6.07) is 1.80. The van der Waals surface area contributed by atoms with E-state index in [1.165, 1.54) is 0 Å². The average molecular weight is 325 g/mol. The molecule has 0 saturated heterocycles. The van der Waals surface area contributed by atoms with E-state index < -0.39 is 0 Å². The van der Waals surface area contributed by atoms with E-state index in [0.29, 0.717) is 18.2 Å². The highest BCUT2D eigenvalue weighted by molar-refractivity contribution is 8.01. The molecule has 0 spiro atoms. The third-order valence-electron chi connectivity index (χ3n) is 2.79. The number of thioether (sulfide) groups is 1. The first-order valence-corrected chi connectivity index (χ1v) is 8.63. The molecule has 6 nitrogen and oxygen atoms in total. The quantitative estimate of drug-likeness (QED) is 0.604. The number of carbonyl (C=O) groups is 1. The van der Waals surface area contributed by atoms with Crippen LogP contribution >= 0.6 is 23.1 Å². The van der Waals surface area contributed by atoms with Crippen molar-refractivity contribution in [3.8, 4) is 0 Å². The lowest BCUT2D eigenvalue weighted by Crippen LogP contribution is -2.25. The first-order valence-electron chi connectivity index (χ1n) is 6.82. The maximum absolute atomic E-state index is 11.9. The number of rotatable bonds is 7. The standard InChI is InChI=1S/C13H19N5OS2/c1-8(2)10-7-11(17-16-10)12(19)14-5-4-6-20-13-18-15-9(3)21-13/h7-8H,4-6H2,1-3H3,(H,14,19)(H,16,17). The Hall–Kier alpha value is -1.41. The van der Waals surface area contributed by atoms with Crippen LogP contribution in [0.1, 0.15) is 47.4 Å². The second-order valence-electron chi connectivity index (χ2n) is 4.91. The Labute approximate surface area is 132 Å². The first-order chi connectivity index (χ1) is 10.1. The van der Waals surface area contributed by atoms with Crippen molar-refractivity contribution < 1.29 is 4.79 Å². The highest BCUT2D eigenvalue weighted by atomic mass is 32.2. The van der Waals surface area contributed by atoms with Crippen molar-refractivity contribution in [1.82, 2.24) is 25.7 Å². The Morgan fingerprint density at radius 3 is 2.90 bits per heavy atom. The molecule has 0 unspecified atom stereocenters. The summed E-state index contributed by atoms with van der Waals surface area (Å²) in [5.41, 5.74) is 1.42. The third-order valence-corrected chi connectivity index (χ3v) is 4.85. The van der Waals surface area contributed by atoms with Gasteiger partial charge in [-0.25, -0.2) is 0 Å². The van der Waals surface area contributed by atoms with Gasteiger partial charge in [-0.15, -0.1) is 10.2 Å². The molecule has 1 amide bonds. The summed E-state index contributed by atoms with van der Waals surface area (Å²) < 4.78 is 0.979. The topological polar surface area (TPSA) is 83.6 Å². The zero-order valence-corrected chi connectivity index (χ0v) is 14.0. The average Bonchev–Trinajstić information content (AvgIpc) is 3.07. The molecule has 0 radical (unpaired) electrons. The van der Waals surface area contributed by atoms with Gasteiger partial charge in [-0.05, 0) is 25.3 Å². The number of amides is 1. The van der Waals surface area contributed by atoms with E-state index in [2.05, 4.69) is 39.6 Å². The number of hydrogen-bond acceptors (Lipinski definition) is 6. The van der Waals surface area contributed by atoms with Crippen molar-refractivity contribution in [2.45, 2.75) is 37.4 Å². The predicted octanol–water partition coefficient (Wildman–Crippen LogP) is 2.61. The van der Waals surface area contributed by atoms with Crippen molar-refractivity contribution in [3.63, 3.8) is 0 Å². The Bertz CT molecular complexity index is 593. The maximum atomic E-state index is 11.9. The van der Waals surface area contributed by atoms with Crippen LogP contribution in [0.25, 0.3) is 0 Å². The van der Waals surface area contributed by atoms with Gasteiger partial charge in [0.2, 0.25) is 0 Å². The first kappa shape index (κ1) is 16.0. The lowest BCUT2D eigenvalue weighted by atomic mass is 10.1. The summed E-state index contributed by atoms with van der Waals surface area (Å²) in [7, 11) is 0. The van der Waals surface area contributed by atoms with Gasteiger partial charge in [-0.3, -0.25) is 9.89 Å². The SMILES string of the molecule is Cc1nnc(SCCCNC(=O)c2cc(C(C)C)[nH]n2)s1. The lowest BCUT2D eigenvalue weighted by molar-refractivity contribution is 0.0949. The van der Waals surface area contributed by atoms with Crippen LogP contribution in [0.3, 0.4) is 0 Å². The van der Waals surface area contributed by atoms with Gasteiger partial charge < -0.3 is 5.32 Å². The van der Waals surface area contributed by atoms with Crippen molar-refractivity contribution in [3.05, 3.63) is 22.5 Å². The van der Waals surface area contributed by atoms with Gasteiger partial charge in [0.15, 0.2) is 4.34 Å². The fourth-order valence-electron chi connectivity index (χ4n) is 1.61. The second-order valence-corrected chi connectivity index (χ2v) is 7.43. The van der Waals surface area contributed by atoms with Crippen LogP contribution in [0, 0.1) is 6.92 Å². The number of aromatic amines is 1. The van der Waals surface area contributed by atoms with Gasteiger partial charge >= 0.3 is 0 Å². The normalized spacial score (nSPS) is 11.0. The van der Waals surface area contributed by atoms with Crippen LogP contribution in [0.15, 0.2) is 10.4 Å². The van der Waals surface area contributed by atoms with E-state index in [9.17, 15) is 4.79 Å². The largest absolute Gasteiger partial charge is 0.351 e. The smallest absolute Gasteiger partial charge is 0.271 e. The van der Waals surface area contributed by atoms with E-state index in [1.54, 1.807) is 29.2 Å². The highest BCUT2D eigenvalue weighted by Crippen LogP contribution is 2.22.